The molecule has 1 unspecified atom stereocenters. The van der Waals surface area contributed by atoms with Gasteiger partial charge in [0.05, 0.1) is 11.1 Å². The van der Waals surface area contributed by atoms with E-state index < -0.39 is 22.6 Å². The Morgan fingerprint density at radius 2 is 2.24 bits per heavy atom. The lowest BCUT2D eigenvalue weighted by molar-refractivity contribution is -0.384. The summed E-state index contributed by atoms with van der Waals surface area (Å²) < 4.78 is 5.30. The zero-order valence-electron chi connectivity index (χ0n) is 11.5. The Bertz CT molecular complexity index is 695. The normalized spacial score (nSPS) is 11.9. The number of aryl methyl sites for hydroxylation is 1. The molecule has 1 aromatic carbocycles. The van der Waals surface area contributed by atoms with E-state index in [9.17, 15) is 14.9 Å². The molecule has 0 bridgehead atoms. The molecular weight excluding hydrogens is 276 g/mol. The highest BCUT2D eigenvalue weighted by molar-refractivity contribution is 6.00. The van der Waals surface area contributed by atoms with Gasteiger partial charge in [0.1, 0.15) is 23.1 Å². The average Bonchev–Trinajstić information content (AvgIpc) is 2.84. The summed E-state index contributed by atoms with van der Waals surface area (Å²) in [5.41, 5.74) is 4.98. The zero-order chi connectivity index (χ0) is 15.6. The Kier molecular flexibility index (Phi) is 3.88. The lowest BCUT2D eigenvalue weighted by atomic mass is 10.1. The molecule has 0 saturated heterocycles. The average molecular weight is 290 g/mol. The van der Waals surface area contributed by atoms with Crippen LogP contribution in [0.25, 0.3) is 0 Å². The number of nitrogens with one attached hydrogen (secondary N) is 1. The van der Waals surface area contributed by atoms with Gasteiger partial charge in [-0.15, -0.1) is 0 Å². The number of aromatic nitrogens is 1. The van der Waals surface area contributed by atoms with Crippen LogP contribution in [0, 0.1) is 17.0 Å². The van der Waals surface area contributed by atoms with Gasteiger partial charge in [0.25, 0.3) is 5.91 Å². The molecular formula is C13H14N4O4. The van der Waals surface area contributed by atoms with Crippen LogP contribution < -0.4 is 11.1 Å². The Morgan fingerprint density at radius 3 is 2.81 bits per heavy atom. The monoisotopic (exact) mass is 290 g/mol. The number of nitro benzene ring substituents is 1. The van der Waals surface area contributed by atoms with E-state index in [0.717, 1.165) is 0 Å². The first-order valence-electron chi connectivity index (χ1n) is 6.16. The van der Waals surface area contributed by atoms with Crippen LogP contribution in [0.5, 0.6) is 0 Å². The van der Waals surface area contributed by atoms with Gasteiger partial charge in [0.15, 0.2) is 0 Å². The molecule has 21 heavy (non-hydrogen) atoms. The summed E-state index contributed by atoms with van der Waals surface area (Å²) in [6.07, 6.45) is 1.53. The molecule has 1 heterocycles. The van der Waals surface area contributed by atoms with Crippen LogP contribution >= 0.6 is 0 Å². The number of amides is 1. The van der Waals surface area contributed by atoms with Gasteiger partial charge in [0.2, 0.25) is 5.89 Å². The van der Waals surface area contributed by atoms with Gasteiger partial charge in [-0.3, -0.25) is 14.9 Å². The number of carbonyl (C=O) groups is 1. The van der Waals surface area contributed by atoms with Crippen LogP contribution in [0.4, 0.5) is 11.4 Å². The lowest BCUT2D eigenvalue weighted by Gasteiger charge is -2.11. The van der Waals surface area contributed by atoms with Crippen molar-refractivity contribution < 1.29 is 14.1 Å². The van der Waals surface area contributed by atoms with Crippen molar-refractivity contribution in [2.75, 3.05) is 5.73 Å². The Morgan fingerprint density at radius 1 is 1.52 bits per heavy atom. The molecule has 0 fully saturated rings. The summed E-state index contributed by atoms with van der Waals surface area (Å²) in [5.74, 6) is 0.325. The first-order chi connectivity index (χ1) is 9.90. The fraction of sp³-hybridized carbons (Fsp3) is 0.231. The van der Waals surface area contributed by atoms with Crippen molar-refractivity contribution >= 4 is 17.3 Å². The maximum absolute atomic E-state index is 12.2. The minimum atomic E-state index is -0.676. The molecule has 1 aromatic heterocycles. The molecule has 0 aliphatic carbocycles. The number of hydrogen-bond donors (Lipinski definition) is 2. The van der Waals surface area contributed by atoms with E-state index in [4.69, 9.17) is 10.2 Å². The van der Waals surface area contributed by atoms with Crippen LogP contribution in [0.3, 0.4) is 0 Å². The van der Waals surface area contributed by atoms with Crippen LogP contribution in [0.1, 0.15) is 35.0 Å². The third kappa shape index (κ3) is 2.99. The standard InChI is InChI=1S/C13H14N4O4/c1-7-6-15-13(21-7)8(2)16-12(18)9-4-3-5-10(14)11(9)17(19)20/h3-6,8H,14H2,1-2H3,(H,16,18). The van der Waals surface area contributed by atoms with Crippen molar-refractivity contribution in [1.82, 2.24) is 10.3 Å². The van der Waals surface area contributed by atoms with Crippen LogP contribution in [-0.4, -0.2) is 15.8 Å². The molecule has 0 spiro atoms. The number of carbonyl (C=O) groups excluding carboxylic acids is 1. The van der Waals surface area contributed by atoms with E-state index in [1.807, 2.05) is 0 Å². The van der Waals surface area contributed by atoms with Gasteiger partial charge in [-0.2, -0.15) is 0 Å². The van der Waals surface area contributed by atoms with Crippen LogP contribution in [0.2, 0.25) is 0 Å². The number of hydrogen-bond acceptors (Lipinski definition) is 6. The Hall–Kier alpha value is -2.90. The molecule has 0 aliphatic heterocycles. The summed E-state index contributed by atoms with van der Waals surface area (Å²) in [6, 6.07) is 3.68. The van der Waals surface area contributed by atoms with E-state index in [-0.39, 0.29) is 11.3 Å². The third-order valence-corrected chi connectivity index (χ3v) is 2.85. The number of anilines is 1. The maximum atomic E-state index is 12.2. The number of nitrogens with zero attached hydrogens (tertiary/aromatic N) is 2. The zero-order valence-corrected chi connectivity index (χ0v) is 11.5. The SMILES string of the molecule is Cc1cnc(C(C)NC(=O)c2cccc(N)c2[N+](=O)[O-])o1. The second-order valence-electron chi connectivity index (χ2n) is 4.50. The number of nitrogen functional groups attached to an aromatic ring is 1. The van der Waals surface area contributed by atoms with Crippen molar-refractivity contribution in [3.8, 4) is 0 Å². The fourth-order valence-electron chi connectivity index (χ4n) is 1.86. The summed E-state index contributed by atoms with van der Waals surface area (Å²) >= 11 is 0. The highest BCUT2D eigenvalue weighted by atomic mass is 16.6. The number of oxazole rings is 1. The van der Waals surface area contributed by atoms with Crippen LogP contribution in [-0.2, 0) is 0 Å². The van der Waals surface area contributed by atoms with Gasteiger partial charge in [-0.1, -0.05) is 6.07 Å². The second kappa shape index (κ2) is 5.61. The van der Waals surface area contributed by atoms with E-state index in [1.165, 1.54) is 24.4 Å². The smallest absolute Gasteiger partial charge is 0.304 e. The first-order valence-corrected chi connectivity index (χ1v) is 6.16. The topological polar surface area (TPSA) is 124 Å². The predicted molar refractivity (Wildman–Crippen MR) is 74.6 cm³/mol. The number of para-hydroxylation sites is 1. The number of nitrogens with two attached hydrogens (primary N) is 1. The van der Waals surface area contributed by atoms with Crippen molar-refractivity contribution in [2.24, 2.45) is 0 Å². The highest BCUT2D eigenvalue weighted by Crippen LogP contribution is 2.26. The summed E-state index contributed by atoms with van der Waals surface area (Å²) in [5, 5.41) is 13.6. The van der Waals surface area contributed by atoms with E-state index in [1.54, 1.807) is 13.8 Å². The first kappa shape index (κ1) is 14.5. The molecule has 0 aliphatic rings. The fourth-order valence-corrected chi connectivity index (χ4v) is 1.86. The lowest BCUT2D eigenvalue weighted by Crippen LogP contribution is -2.27. The quantitative estimate of drug-likeness (QED) is 0.504. The molecule has 8 heteroatoms. The van der Waals surface area contributed by atoms with Gasteiger partial charge >= 0.3 is 5.69 Å². The Balaban J connectivity index is 2.25. The number of benzene rings is 1. The highest BCUT2D eigenvalue weighted by Gasteiger charge is 2.25. The third-order valence-electron chi connectivity index (χ3n) is 2.85. The molecule has 0 radical (unpaired) electrons. The molecule has 2 aromatic rings. The predicted octanol–water partition coefficient (Wildman–Crippen LogP) is 1.96. The molecule has 0 saturated carbocycles. The van der Waals surface area contributed by atoms with E-state index >= 15 is 0 Å². The van der Waals surface area contributed by atoms with Gasteiger partial charge in [-0.25, -0.2) is 4.98 Å². The van der Waals surface area contributed by atoms with Gasteiger partial charge in [-0.05, 0) is 26.0 Å². The molecule has 2 rings (SSSR count). The molecule has 1 atom stereocenters. The molecule has 1 amide bonds. The van der Waals surface area contributed by atoms with Crippen LogP contribution in [0.15, 0.2) is 28.8 Å². The number of nitro groups is 1. The Labute approximate surface area is 120 Å². The van der Waals surface area contributed by atoms with Crippen molar-refractivity contribution in [3.05, 3.63) is 51.7 Å². The second-order valence-corrected chi connectivity index (χ2v) is 4.50. The molecule has 3 N–H and O–H groups in total. The largest absolute Gasteiger partial charge is 0.444 e. The van der Waals surface area contributed by atoms with Crippen molar-refractivity contribution in [1.29, 1.82) is 0 Å². The molecule has 8 nitrogen and oxygen atoms in total. The summed E-state index contributed by atoms with van der Waals surface area (Å²) in [6.45, 7) is 3.40. The van der Waals surface area contributed by atoms with Gasteiger partial charge < -0.3 is 15.5 Å². The maximum Gasteiger partial charge on any atom is 0.304 e. The number of rotatable bonds is 4. The molecule has 110 valence electrons. The minimum Gasteiger partial charge on any atom is -0.444 e. The van der Waals surface area contributed by atoms with E-state index in [0.29, 0.717) is 11.7 Å². The summed E-state index contributed by atoms with van der Waals surface area (Å²) in [4.78, 5) is 26.5. The van der Waals surface area contributed by atoms with Gasteiger partial charge in [0, 0.05) is 0 Å². The minimum absolute atomic E-state index is 0.0627. The van der Waals surface area contributed by atoms with Crippen molar-refractivity contribution in [3.63, 3.8) is 0 Å². The summed E-state index contributed by atoms with van der Waals surface area (Å²) in [7, 11) is 0. The van der Waals surface area contributed by atoms with E-state index in [2.05, 4.69) is 10.3 Å². The van der Waals surface area contributed by atoms with Crippen molar-refractivity contribution in [2.45, 2.75) is 19.9 Å².